The molecule has 4 rings (SSSR count). The molecular weight excluding hydrogens is 356 g/mol. The average Bonchev–Trinajstić information content (AvgIpc) is 2.85. The summed E-state index contributed by atoms with van der Waals surface area (Å²) in [4.78, 5) is 36.8. The first-order valence-electron chi connectivity index (χ1n) is 10.6. The van der Waals surface area contributed by atoms with Crippen LogP contribution in [0.15, 0.2) is 12.2 Å². The zero-order chi connectivity index (χ0) is 20.3. The van der Waals surface area contributed by atoms with E-state index in [0.717, 1.165) is 44.0 Å². The second-order valence-corrected chi connectivity index (χ2v) is 10.4. The van der Waals surface area contributed by atoms with Crippen LogP contribution < -0.4 is 0 Å². The lowest BCUT2D eigenvalue weighted by molar-refractivity contribution is -0.236. The van der Waals surface area contributed by atoms with E-state index in [1.807, 2.05) is 0 Å². The molecule has 0 aromatic heterocycles. The van der Waals surface area contributed by atoms with E-state index in [0.29, 0.717) is 19.4 Å². The van der Waals surface area contributed by atoms with Crippen LogP contribution in [0.1, 0.15) is 65.7 Å². The van der Waals surface area contributed by atoms with Crippen molar-refractivity contribution in [2.75, 3.05) is 6.61 Å². The molecule has 1 saturated heterocycles. The number of carbonyl (C=O) groups excluding carboxylic acids is 3. The van der Waals surface area contributed by atoms with E-state index in [1.54, 1.807) is 0 Å². The second kappa shape index (κ2) is 6.43. The highest BCUT2D eigenvalue weighted by atomic mass is 16.6. The first-order chi connectivity index (χ1) is 13.2. The van der Waals surface area contributed by atoms with E-state index in [9.17, 15) is 14.4 Å². The topological polar surface area (TPSA) is 69.7 Å². The van der Waals surface area contributed by atoms with Crippen LogP contribution in [0.3, 0.4) is 0 Å². The number of hydrogen-bond acceptors (Lipinski definition) is 5. The minimum atomic E-state index is -0.660. The smallest absolute Gasteiger partial charge is 0.312 e. The van der Waals surface area contributed by atoms with Gasteiger partial charge < -0.3 is 14.3 Å². The second-order valence-electron chi connectivity index (χ2n) is 10.4. The zero-order valence-electron chi connectivity index (χ0n) is 17.3. The van der Waals surface area contributed by atoms with Gasteiger partial charge in [0.25, 0.3) is 0 Å². The summed E-state index contributed by atoms with van der Waals surface area (Å²) < 4.78 is 11.8. The molecule has 4 aliphatic rings. The molecule has 28 heavy (non-hydrogen) atoms. The van der Waals surface area contributed by atoms with Gasteiger partial charge in [0, 0.05) is 24.7 Å². The van der Waals surface area contributed by atoms with Gasteiger partial charge in [0.1, 0.15) is 12.4 Å². The Hall–Kier alpha value is -1.65. The lowest BCUT2D eigenvalue weighted by Gasteiger charge is -2.62. The van der Waals surface area contributed by atoms with Crippen LogP contribution in [0.2, 0.25) is 0 Å². The molecule has 3 saturated carbocycles. The molecule has 5 heteroatoms. The molecule has 0 aromatic rings. The molecule has 2 bridgehead atoms. The number of aldehydes is 1. The summed E-state index contributed by atoms with van der Waals surface area (Å²) in [7, 11) is 0. The third-order valence-corrected chi connectivity index (χ3v) is 8.46. The van der Waals surface area contributed by atoms with Gasteiger partial charge >= 0.3 is 11.9 Å². The summed E-state index contributed by atoms with van der Waals surface area (Å²) in [6.45, 7) is 10.5. The van der Waals surface area contributed by atoms with Crippen molar-refractivity contribution in [1.29, 1.82) is 0 Å². The highest BCUT2D eigenvalue weighted by Crippen LogP contribution is 2.69. The van der Waals surface area contributed by atoms with Gasteiger partial charge in [-0.25, -0.2) is 0 Å². The van der Waals surface area contributed by atoms with Gasteiger partial charge in [-0.3, -0.25) is 9.59 Å². The Labute approximate surface area is 167 Å². The summed E-state index contributed by atoms with van der Waals surface area (Å²) in [5, 5.41) is 0. The predicted molar refractivity (Wildman–Crippen MR) is 103 cm³/mol. The Kier molecular flexibility index (Phi) is 4.51. The maximum Gasteiger partial charge on any atom is 0.312 e. The van der Waals surface area contributed by atoms with E-state index in [1.165, 1.54) is 6.92 Å². The van der Waals surface area contributed by atoms with E-state index in [2.05, 4.69) is 20.4 Å². The van der Waals surface area contributed by atoms with E-state index >= 15 is 0 Å². The molecule has 0 N–H and O–H groups in total. The van der Waals surface area contributed by atoms with E-state index in [-0.39, 0.29) is 46.6 Å². The van der Waals surface area contributed by atoms with Gasteiger partial charge in [-0.05, 0) is 49.4 Å². The number of esters is 2. The number of fused-ring (bicyclic) bond motifs is 2. The van der Waals surface area contributed by atoms with Gasteiger partial charge in [0.2, 0.25) is 0 Å². The van der Waals surface area contributed by atoms with E-state index in [4.69, 9.17) is 9.47 Å². The fraction of sp³-hybridized carbons (Fsp3) is 0.783. The molecule has 1 heterocycles. The summed E-state index contributed by atoms with van der Waals surface area (Å²) in [6.07, 6.45) is 6.23. The number of ether oxygens (including phenoxy) is 2. The summed E-state index contributed by atoms with van der Waals surface area (Å²) in [6, 6.07) is 0. The van der Waals surface area contributed by atoms with Crippen LogP contribution in [-0.4, -0.2) is 30.9 Å². The summed E-state index contributed by atoms with van der Waals surface area (Å²) in [5.41, 5.74) is 0.0620. The first-order valence-corrected chi connectivity index (χ1v) is 10.6. The maximum absolute atomic E-state index is 13.2. The molecular formula is C23H32O5. The van der Waals surface area contributed by atoms with Gasteiger partial charge in [0.05, 0.1) is 12.0 Å². The van der Waals surface area contributed by atoms with E-state index < -0.39 is 5.41 Å². The van der Waals surface area contributed by atoms with Crippen LogP contribution >= 0.6 is 0 Å². The third kappa shape index (κ3) is 2.61. The summed E-state index contributed by atoms with van der Waals surface area (Å²) >= 11 is 0. The third-order valence-electron chi connectivity index (χ3n) is 8.46. The molecule has 0 amide bonds. The minimum Gasteiger partial charge on any atom is -0.465 e. The molecule has 3 aliphatic carbocycles. The molecule has 2 spiro atoms. The monoisotopic (exact) mass is 388 g/mol. The molecule has 5 nitrogen and oxygen atoms in total. The van der Waals surface area contributed by atoms with Crippen LogP contribution in [0.25, 0.3) is 0 Å². The van der Waals surface area contributed by atoms with Gasteiger partial charge in [-0.2, -0.15) is 0 Å². The standard InChI is InChI=1S/C23H32O5/c1-14-11-23-12-16(14)10-17(28-15(2)25)19(23)22(13-27-20(23)26)8-5-7-21(3,4)18(22)6-9-24/h9,16-19H,1,5-8,10-13H2,2-4H3/t16-,17+,18-,19+,22+,23+/m1/s1. The Morgan fingerprint density at radius 1 is 1.36 bits per heavy atom. The fourth-order valence-electron chi connectivity index (χ4n) is 7.63. The highest BCUT2D eigenvalue weighted by Gasteiger charge is 2.71. The molecule has 4 fully saturated rings. The van der Waals surface area contributed by atoms with Crippen molar-refractivity contribution in [3.63, 3.8) is 0 Å². The predicted octanol–water partition coefficient (Wildman–Crippen LogP) is 3.85. The lowest BCUT2D eigenvalue weighted by Crippen LogP contribution is -2.65. The lowest BCUT2D eigenvalue weighted by atomic mass is 9.44. The van der Waals surface area contributed by atoms with Crippen molar-refractivity contribution >= 4 is 18.2 Å². The number of rotatable bonds is 3. The van der Waals surface area contributed by atoms with Crippen molar-refractivity contribution in [2.24, 2.45) is 34.0 Å². The number of carbonyl (C=O) groups is 3. The Morgan fingerprint density at radius 3 is 2.79 bits per heavy atom. The van der Waals surface area contributed by atoms with Crippen molar-refractivity contribution in [3.8, 4) is 0 Å². The van der Waals surface area contributed by atoms with Crippen molar-refractivity contribution in [3.05, 3.63) is 12.2 Å². The van der Waals surface area contributed by atoms with Crippen LogP contribution in [0, 0.1) is 34.0 Å². The quantitative estimate of drug-likeness (QED) is 0.417. The number of cyclic esters (lactones) is 1. The highest BCUT2D eigenvalue weighted by molar-refractivity contribution is 5.80. The maximum atomic E-state index is 13.2. The van der Waals surface area contributed by atoms with Crippen LogP contribution in [0.5, 0.6) is 0 Å². The largest absolute Gasteiger partial charge is 0.465 e. The molecule has 0 radical (unpaired) electrons. The Balaban J connectivity index is 1.87. The number of allylic oxidation sites excluding steroid dienone is 1. The number of hydrogen-bond donors (Lipinski definition) is 0. The zero-order valence-corrected chi connectivity index (χ0v) is 17.3. The fourth-order valence-corrected chi connectivity index (χ4v) is 7.63. The molecule has 6 atom stereocenters. The first kappa shape index (κ1) is 19.7. The van der Waals surface area contributed by atoms with Gasteiger partial charge in [-0.15, -0.1) is 0 Å². The van der Waals surface area contributed by atoms with Crippen LogP contribution in [-0.2, 0) is 23.9 Å². The average molecular weight is 389 g/mol. The summed E-state index contributed by atoms with van der Waals surface area (Å²) in [5.74, 6) is -0.265. The Bertz CT molecular complexity index is 725. The molecule has 0 aromatic carbocycles. The van der Waals surface area contributed by atoms with Crippen molar-refractivity contribution in [2.45, 2.75) is 71.8 Å². The Morgan fingerprint density at radius 2 is 2.11 bits per heavy atom. The van der Waals surface area contributed by atoms with Crippen molar-refractivity contribution in [1.82, 2.24) is 0 Å². The molecule has 154 valence electrons. The van der Waals surface area contributed by atoms with Gasteiger partial charge in [0.15, 0.2) is 0 Å². The van der Waals surface area contributed by atoms with Crippen LogP contribution in [0.4, 0.5) is 0 Å². The minimum absolute atomic E-state index is 0.0304. The van der Waals surface area contributed by atoms with Crippen molar-refractivity contribution < 1.29 is 23.9 Å². The van der Waals surface area contributed by atoms with Gasteiger partial charge in [-0.1, -0.05) is 32.4 Å². The molecule has 1 aliphatic heterocycles. The SMILES string of the molecule is C=C1C[C@]23C[C@H]1C[C@H](OC(C)=O)[C@H]2[C@@]1(CCCC(C)(C)[C@H]1CC=O)COC3=O. The normalized spacial score (nSPS) is 44.0. The molecule has 0 unspecified atom stereocenters.